The Morgan fingerprint density at radius 3 is 2.46 bits per heavy atom. The summed E-state index contributed by atoms with van der Waals surface area (Å²) in [6.45, 7) is 7.95. The zero-order valence-corrected chi connectivity index (χ0v) is 9.42. The third-order valence-electron chi connectivity index (χ3n) is 3.48. The predicted molar refractivity (Wildman–Crippen MR) is 58.5 cm³/mol. The van der Waals surface area contributed by atoms with Gasteiger partial charge >= 0.3 is 0 Å². The van der Waals surface area contributed by atoms with Crippen LogP contribution in [-0.2, 0) is 0 Å². The predicted octanol–water partition coefficient (Wildman–Crippen LogP) is 3.04. The SMILES string of the molecule is CC(C)CC1CC(C)CCC1CN. The standard InChI is InChI=1S/C12H25N/c1-9(2)6-12-7-10(3)4-5-11(12)8-13/h9-12H,4-8,13H2,1-3H3. The van der Waals surface area contributed by atoms with Gasteiger partial charge in [0.1, 0.15) is 0 Å². The van der Waals surface area contributed by atoms with Crippen molar-refractivity contribution >= 4 is 0 Å². The van der Waals surface area contributed by atoms with E-state index in [1.54, 1.807) is 0 Å². The molecule has 0 aliphatic heterocycles. The fourth-order valence-corrected chi connectivity index (χ4v) is 2.77. The molecular formula is C12H25N. The van der Waals surface area contributed by atoms with Crippen molar-refractivity contribution in [3.63, 3.8) is 0 Å². The van der Waals surface area contributed by atoms with Crippen molar-refractivity contribution in [2.45, 2.75) is 46.5 Å². The minimum atomic E-state index is 0.818. The van der Waals surface area contributed by atoms with Gasteiger partial charge in [-0.05, 0) is 49.5 Å². The lowest BCUT2D eigenvalue weighted by Gasteiger charge is -2.35. The second-order valence-corrected chi connectivity index (χ2v) is 5.30. The largest absolute Gasteiger partial charge is 0.330 e. The molecule has 0 heterocycles. The zero-order chi connectivity index (χ0) is 9.84. The molecule has 1 rings (SSSR count). The van der Waals surface area contributed by atoms with E-state index in [4.69, 9.17) is 5.73 Å². The molecule has 0 radical (unpaired) electrons. The molecule has 0 saturated heterocycles. The van der Waals surface area contributed by atoms with Gasteiger partial charge in [0.05, 0.1) is 0 Å². The highest BCUT2D eigenvalue weighted by atomic mass is 14.6. The van der Waals surface area contributed by atoms with Crippen LogP contribution in [0.4, 0.5) is 0 Å². The Morgan fingerprint density at radius 1 is 1.23 bits per heavy atom. The minimum Gasteiger partial charge on any atom is -0.330 e. The zero-order valence-electron chi connectivity index (χ0n) is 9.42. The maximum Gasteiger partial charge on any atom is -0.00462 e. The molecule has 0 aromatic rings. The van der Waals surface area contributed by atoms with E-state index in [0.29, 0.717) is 0 Å². The van der Waals surface area contributed by atoms with E-state index >= 15 is 0 Å². The Hall–Kier alpha value is -0.0400. The van der Waals surface area contributed by atoms with Gasteiger partial charge in [0.25, 0.3) is 0 Å². The Labute approximate surface area is 83.1 Å². The molecular weight excluding hydrogens is 158 g/mol. The Morgan fingerprint density at radius 2 is 1.92 bits per heavy atom. The number of hydrogen-bond donors (Lipinski definition) is 1. The molecule has 1 saturated carbocycles. The van der Waals surface area contributed by atoms with Crippen molar-refractivity contribution in [1.82, 2.24) is 0 Å². The smallest absolute Gasteiger partial charge is 0.00462 e. The summed E-state index contributed by atoms with van der Waals surface area (Å²) in [4.78, 5) is 0. The summed E-state index contributed by atoms with van der Waals surface area (Å²) >= 11 is 0. The monoisotopic (exact) mass is 183 g/mol. The van der Waals surface area contributed by atoms with Crippen molar-refractivity contribution in [3.05, 3.63) is 0 Å². The highest BCUT2D eigenvalue weighted by Crippen LogP contribution is 2.36. The number of rotatable bonds is 3. The lowest BCUT2D eigenvalue weighted by atomic mass is 9.72. The van der Waals surface area contributed by atoms with Gasteiger partial charge in [0.15, 0.2) is 0 Å². The summed E-state index contributed by atoms with van der Waals surface area (Å²) in [5.41, 5.74) is 5.81. The van der Waals surface area contributed by atoms with E-state index in [-0.39, 0.29) is 0 Å². The van der Waals surface area contributed by atoms with E-state index in [1.807, 2.05) is 0 Å². The van der Waals surface area contributed by atoms with Gasteiger partial charge in [-0.25, -0.2) is 0 Å². The molecule has 1 heteroatoms. The van der Waals surface area contributed by atoms with Crippen LogP contribution in [0.5, 0.6) is 0 Å². The first-order valence-electron chi connectivity index (χ1n) is 5.83. The third kappa shape index (κ3) is 3.30. The number of hydrogen-bond acceptors (Lipinski definition) is 1. The van der Waals surface area contributed by atoms with Crippen molar-refractivity contribution in [2.75, 3.05) is 6.54 Å². The molecule has 0 aromatic carbocycles. The first-order valence-corrected chi connectivity index (χ1v) is 5.83. The first kappa shape index (κ1) is 11.0. The summed E-state index contributed by atoms with van der Waals surface area (Å²) in [6, 6.07) is 0. The van der Waals surface area contributed by atoms with Gasteiger partial charge in [0.2, 0.25) is 0 Å². The van der Waals surface area contributed by atoms with E-state index in [9.17, 15) is 0 Å². The second kappa shape index (κ2) is 4.99. The van der Waals surface area contributed by atoms with Crippen molar-refractivity contribution < 1.29 is 0 Å². The van der Waals surface area contributed by atoms with Crippen LogP contribution >= 0.6 is 0 Å². The lowest BCUT2D eigenvalue weighted by Crippen LogP contribution is -2.30. The average Bonchev–Trinajstić information content (AvgIpc) is 2.03. The summed E-state index contributed by atoms with van der Waals surface area (Å²) < 4.78 is 0. The van der Waals surface area contributed by atoms with Crippen molar-refractivity contribution in [3.8, 4) is 0 Å². The van der Waals surface area contributed by atoms with Crippen LogP contribution in [-0.4, -0.2) is 6.54 Å². The van der Waals surface area contributed by atoms with Crippen LogP contribution in [0.2, 0.25) is 0 Å². The van der Waals surface area contributed by atoms with Crippen LogP contribution in [0.25, 0.3) is 0 Å². The quantitative estimate of drug-likeness (QED) is 0.715. The minimum absolute atomic E-state index is 0.818. The van der Waals surface area contributed by atoms with E-state index < -0.39 is 0 Å². The molecule has 0 spiro atoms. The van der Waals surface area contributed by atoms with Gasteiger partial charge in [0, 0.05) is 0 Å². The average molecular weight is 183 g/mol. The highest BCUT2D eigenvalue weighted by Gasteiger charge is 2.27. The lowest BCUT2D eigenvalue weighted by molar-refractivity contribution is 0.169. The van der Waals surface area contributed by atoms with Crippen LogP contribution in [0, 0.1) is 23.7 Å². The maximum absolute atomic E-state index is 5.81. The van der Waals surface area contributed by atoms with Crippen molar-refractivity contribution in [1.29, 1.82) is 0 Å². The Balaban J connectivity index is 2.44. The van der Waals surface area contributed by atoms with Gasteiger partial charge < -0.3 is 5.73 Å². The normalized spacial score (nSPS) is 35.3. The summed E-state index contributed by atoms with van der Waals surface area (Å²) in [5, 5.41) is 0. The van der Waals surface area contributed by atoms with E-state index in [1.165, 1.54) is 25.7 Å². The van der Waals surface area contributed by atoms with Crippen LogP contribution in [0.1, 0.15) is 46.5 Å². The molecule has 78 valence electrons. The molecule has 1 fully saturated rings. The molecule has 1 nitrogen and oxygen atoms in total. The van der Waals surface area contributed by atoms with Gasteiger partial charge in [-0.3, -0.25) is 0 Å². The number of nitrogens with two attached hydrogens (primary N) is 1. The summed E-state index contributed by atoms with van der Waals surface area (Å²) in [7, 11) is 0. The molecule has 3 atom stereocenters. The molecule has 13 heavy (non-hydrogen) atoms. The molecule has 0 aromatic heterocycles. The van der Waals surface area contributed by atoms with E-state index in [2.05, 4.69) is 20.8 Å². The maximum atomic E-state index is 5.81. The van der Waals surface area contributed by atoms with Gasteiger partial charge in [-0.1, -0.05) is 27.2 Å². The van der Waals surface area contributed by atoms with Gasteiger partial charge in [-0.15, -0.1) is 0 Å². The summed E-state index contributed by atoms with van der Waals surface area (Å²) in [5.74, 6) is 3.50. The second-order valence-electron chi connectivity index (χ2n) is 5.30. The van der Waals surface area contributed by atoms with Crippen LogP contribution < -0.4 is 5.73 Å². The first-order chi connectivity index (χ1) is 6.13. The van der Waals surface area contributed by atoms with Crippen molar-refractivity contribution in [2.24, 2.45) is 29.4 Å². The molecule has 0 amide bonds. The van der Waals surface area contributed by atoms with Gasteiger partial charge in [-0.2, -0.15) is 0 Å². The summed E-state index contributed by atoms with van der Waals surface area (Å²) in [6.07, 6.45) is 5.57. The highest BCUT2D eigenvalue weighted by molar-refractivity contribution is 4.79. The molecule has 2 N–H and O–H groups in total. The van der Waals surface area contributed by atoms with Crippen LogP contribution in [0.15, 0.2) is 0 Å². The topological polar surface area (TPSA) is 26.0 Å². The van der Waals surface area contributed by atoms with E-state index in [0.717, 1.165) is 30.2 Å². The third-order valence-corrected chi connectivity index (χ3v) is 3.48. The molecule has 3 unspecified atom stereocenters. The Kier molecular flexibility index (Phi) is 4.24. The molecule has 1 aliphatic rings. The molecule has 1 aliphatic carbocycles. The molecule has 0 bridgehead atoms. The fraction of sp³-hybridized carbons (Fsp3) is 1.00. The van der Waals surface area contributed by atoms with Crippen LogP contribution in [0.3, 0.4) is 0 Å². The Bertz CT molecular complexity index is 140. The fourth-order valence-electron chi connectivity index (χ4n) is 2.77.